The SMILES string of the molecule is CCOCCN(C)CCCC(C)(NC1CC1)C(=O)OCC. The molecule has 0 bridgehead atoms. The van der Waals surface area contributed by atoms with Gasteiger partial charge in [0.2, 0.25) is 0 Å². The first-order chi connectivity index (χ1) is 10.0. The van der Waals surface area contributed by atoms with Crippen molar-refractivity contribution >= 4 is 5.97 Å². The van der Waals surface area contributed by atoms with Gasteiger partial charge in [-0.3, -0.25) is 10.1 Å². The van der Waals surface area contributed by atoms with Gasteiger partial charge in [0, 0.05) is 19.2 Å². The van der Waals surface area contributed by atoms with E-state index in [1.165, 1.54) is 12.8 Å². The Labute approximate surface area is 129 Å². The van der Waals surface area contributed by atoms with E-state index < -0.39 is 5.54 Å². The van der Waals surface area contributed by atoms with Crippen LogP contribution in [0.1, 0.15) is 46.5 Å². The van der Waals surface area contributed by atoms with Gasteiger partial charge in [0.15, 0.2) is 0 Å². The van der Waals surface area contributed by atoms with Crippen molar-refractivity contribution in [1.29, 1.82) is 0 Å². The maximum atomic E-state index is 12.2. The zero-order chi connectivity index (χ0) is 15.7. The maximum absolute atomic E-state index is 12.2. The molecule has 0 amide bonds. The minimum absolute atomic E-state index is 0.117. The number of hydrogen-bond donors (Lipinski definition) is 1. The lowest BCUT2D eigenvalue weighted by atomic mass is 9.95. The zero-order valence-electron chi connectivity index (χ0n) is 14.1. The number of ether oxygens (including phenoxy) is 2. The monoisotopic (exact) mass is 300 g/mol. The minimum Gasteiger partial charge on any atom is -0.465 e. The number of carbonyl (C=O) groups excluding carboxylic acids is 1. The Balaban J connectivity index is 2.33. The van der Waals surface area contributed by atoms with Crippen LogP contribution >= 0.6 is 0 Å². The molecule has 1 aliphatic carbocycles. The second-order valence-corrected chi connectivity index (χ2v) is 6.07. The molecule has 1 aliphatic rings. The van der Waals surface area contributed by atoms with E-state index in [1.807, 2.05) is 20.8 Å². The molecule has 1 rings (SSSR count). The van der Waals surface area contributed by atoms with Crippen molar-refractivity contribution in [3.05, 3.63) is 0 Å². The molecule has 1 N–H and O–H groups in total. The Hall–Kier alpha value is -0.650. The zero-order valence-corrected chi connectivity index (χ0v) is 14.1. The predicted octanol–water partition coefficient (Wildman–Crippen LogP) is 1.81. The Kier molecular flexibility index (Phi) is 8.22. The molecule has 0 aliphatic heterocycles. The van der Waals surface area contributed by atoms with Crippen molar-refractivity contribution in [3.8, 4) is 0 Å². The van der Waals surface area contributed by atoms with Crippen molar-refractivity contribution in [1.82, 2.24) is 10.2 Å². The van der Waals surface area contributed by atoms with Gasteiger partial charge in [-0.1, -0.05) is 0 Å². The van der Waals surface area contributed by atoms with E-state index in [4.69, 9.17) is 9.47 Å². The summed E-state index contributed by atoms with van der Waals surface area (Å²) in [5, 5.41) is 3.46. The van der Waals surface area contributed by atoms with Gasteiger partial charge < -0.3 is 14.4 Å². The molecule has 0 aromatic rings. The lowest BCUT2D eigenvalue weighted by Crippen LogP contribution is -2.51. The topological polar surface area (TPSA) is 50.8 Å². The number of rotatable bonds is 12. The highest BCUT2D eigenvalue weighted by molar-refractivity contribution is 5.80. The van der Waals surface area contributed by atoms with Gasteiger partial charge in [-0.2, -0.15) is 0 Å². The molecular weight excluding hydrogens is 268 g/mol. The molecule has 124 valence electrons. The average Bonchev–Trinajstić information content (AvgIpc) is 3.23. The van der Waals surface area contributed by atoms with Crippen LogP contribution in [0.15, 0.2) is 0 Å². The molecule has 0 spiro atoms. The molecule has 0 aromatic heterocycles. The fourth-order valence-corrected chi connectivity index (χ4v) is 2.38. The van der Waals surface area contributed by atoms with E-state index in [-0.39, 0.29) is 5.97 Å². The van der Waals surface area contributed by atoms with Crippen LogP contribution in [0.2, 0.25) is 0 Å². The van der Waals surface area contributed by atoms with Crippen LogP contribution in [-0.2, 0) is 14.3 Å². The van der Waals surface area contributed by atoms with E-state index in [1.54, 1.807) is 0 Å². The van der Waals surface area contributed by atoms with Gasteiger partial charge in [-0.25, -0.2) is 0 Å². The Bertz CT molecular complexity index is 308. The van der Waals surface area contributed by atoms with Crippen LogP contribution in [0.5, 0.6) is 0 Å². The summed E-state index contributed by atoms with van der Waals surface area (Å²) >= 11 is 0. The third kappa shape index (κ3) is 7.25. The summed E-state index contributed by atoms with van der Waals surface area (Å²) in [6.45, 7) is 9.71. The number of carbonyl (C=O) groups is 1. The second-order valence-electron chi connectivity index (χ2n) is 6.07. The molecule has 5 heteroatoms. The third-order valence-corrected chi connectivity index (χ3v) is 3.86. The largest absolute Gasteiger partial charge is 0.465 e. The molecule has 0 heterocycles. The van der Waals surface area contributed by atoms with Gasteiger partial charge in [-0.05, 0) is 60.0 Å². The summed E-state index contributed by atoms with van der Waals surface area (Å²) in [5.74, 6) is -0.117. The Morgan fingerprint density at radius 3 is 2.57 bits per heavy atom. The normalized spacial score (nSPS) is 17.8. The number of nitrogens with one attached hydrogen (secondary N) is 1. The Morgan fingerprint density at radius 2 is 2.00 bits per heavy atom. The smallest absolute Gasteiger partial charge is 0.326 e. The average molecular weight is 300 g/mol. The highest BCUT2D eigenvalue weighted by atomic mass is 16.5. The molecule has 1 saturated carbocycles. The van der Waals surface area contributed by atoms with E-state index in [0.717, 1.165) is 39.1 Å². The fraction of sp³-hybridized carbons (Fsp3) is 0.938. The van der Waals surface area contributed by atoms with Crippen LogP contribution < -0.4 is 5.32 Å². The van der Waals surface area contributed by atoms with E-state index >= 15 is 0 Å². The molecule has 0 radical (unpaired) electrons. The first-order valence-electron chi connectivity index (χ1n) is 8.23. The lowest BCUT2D eigenvalue weighted by Gasteiger charge is -2.29. The van der Waals surface area contributed by atoms with Crippen LogP contribution in [0.25, 0.3) is 0 Å². The van der Waals surface area contributed by atoms with Gasteiger partial charge in [0.05, 0.1) is 13.2 Å². The van der Waals surface area contributed by atoms with Crippen molar-refractivity contribution in [2.75, 3.05) is 40.0 Å². The molecule has 1 atom stereocenters. The number of nitrogens with zero attached hydrogens (tertiary/aromatic N) is 1. The molecule has 1 unspecified atom stereocenters. The van der Waals surface area contributed by atoms with Crippen molar-refractivity contribution in [3.63, 3.8) is 0 Å². The van der Waals surface area contributed by atoms with Gasteiger partial charge in [0.1, 0.15) is 5.54 Å². The molecule has 21 heavy (non-hydrogen) atoms. The summed E-state index contributed by atoms with van der Waals surface area (Å²) in [6, 6.07) is 0.495. The number of hydrogen-bond acceptors (Lipinski definition) is 5. The first-order valence-corrected chi connectivity index (χ1v) is 8.23. The van der Waals surface area contributed by atoms with Gasteiger partial charge in [-0.15, -0.1) is 0 Å². The summed E-state index contributed by atoms with van der Waals surface area (Å²) < 4.78 is 10.6. The minimum atomic E-state index is -0.544. The highest BCUT2D eigenvalue weighted by Gasteiger charge is 2.39. The van der Waals surface area contributed by atoms with Crippen LogP contribution in [0.3, 0.4) is 0 Å². The predicted molar refractivity (Wildman–Crippen MR) is 84.4 cm³/mol. The lowest BCUT2D eigenvalue weighted by molar-refractivity contribution is -0.151. The van der Waals surface area contributed by atoms with Crippen molar-refractivity contribution in [2.45, 2.75) is 58.0 Å². The summed E-state index contributed by atoms with van der Waals surface area (Å²) in [6.07, 6.45) is 4.12. The molecule has 5 nitrogen and oxygen atoms in total. The molecule has 0 saturated heterocycles. The maximum Gasteiger partial charge on any atom is 0.326 e. The van der Waals surface area contributed by atoms with Crippen LogP contribution in [0.4, 0.5) is 0 Å². The van der Waals surface area contributed by atoms with E-state index in [0.29, 0.717) is 12.6 Å². The molecule has 1 fully saturated rings. The second kappa shape index (κ2) is 9.38. The van der Waals surface area contributed by atoms with Crippen LogP contribution in [-0.4, -0.2) is 62.4 Å². The van der Waals surface area contributed by atoms with E-state index in [2.05, 4.69) is 17.3 Å². The standard InChI is InChI=1S/C16H32N2O3/c1-5-20-13-12-18(4)11-7-10-16(3,15(19)21-6-2)17-14-8-9-14/h14,17H,5-13H2,1-4H3. The molecular formula is C16H32N2O3. The fourth-order valence-electron chi connectivity index (χ4n) is 2.38. The van der Waals surface area contributed by atoms with E-state index in [9.17, 15) is 4.79 Å². The van der Waals surface area contributed by atoms with Gasteiger partial charge in [0.25, 0.3) is 0 Å². The third-order valence-electron chi connectivity index (χ3n) is 3.86. The molecule has 0 aromatic carbocycles. The van der Waals surface area contributed by atoms with Crippen LogP contribution in [0, 0.1) is 0 Å². The Morgan fingerprint density at radius 1 is 1.29 bits per heavy atom. The quantitative estimate of drug-likeness (QED) is 0.440. The summed E-state index contributed by atoms with van der Waals surface area (Å²) in [5.41, 5.74) is -0.544. The highest BCUT2D eigenvalue weighted by Crippen LogP contribution is 2.25. The first kappa shape index (κ1) is 18.4. The number of likely N-dealkylation sites (N-methyl/N-ethyl adjacent to an activating group) is 1. The van der Waals surface area contributed by atoms with Crippen molar-refractivity contribution < 1.29 is 14.3 Å². The number of esters is 1. The van der Waals surface area contributed by atoms with Crippen molar-refractivity contribution in [2.24, 2.45) is 0 Å². The summed E-state index contributed by atoms with van der Waals surface area (Å²) in [7, 11) is 2.09. The van der Waals surface area contributed by atoms with Gasteiger partial charge >= 0.3 is 5.97 Å². The summed E-state index contributed by atoms with van der Waals surface area (Å²) in [4.78, 5) is 14.4.